The van der Waals surface area contributed by atoms with Crippen LogP contribution in [0, 0.1) is 0 Å². The van der Waals surface area contributed by atoms with E-state index < -0.39 is 11.9 Å². The van der Waals surface area contributed by atoms with Gasteiger partial charge in [0, 0.05) is 0 Å². The fourth-order valence-corrected chi connectivity index (χ4v) is 1.58. The molecule has 0 fully saturated rings. The third-order valence-electron chi connectivity index (χ3n) is 2.57. The quantitative estimate of drug-likeness (QED) is 0.426. The van der Waals surface area contributed by atoms with Crippen LogP contribution < -0.4 is 0 Å². The van der Waals surface area contributed by atoms with E-state index in [9.17, 15) is 9.59 Å². The molecule has 0 aliphatic carbocycles. The summed E-state index contributed by atoms with van der Waals surface area (Å²) in [6, 6.07) is 17.3. The van der Waals surface area contributed by atoms with Crippen molar-refractivity contribution in [2.45, 2.75) is 13.8 Å². The Morgan fingerprint density at radius 1 is 0.731 bits per heavy atom. The molecule has 0 radical (unpaired) electrons. The van der Waals surface area contributed by atoms with Gasteiger partial charge < -0.3 is 9.47 Å². The second-order valence-electron chi connectivity index (χ2n) is 4.82. The molecule has 0 aliphatic rings. The molecule has 2 rings (SSSR count). The van der Waals surface area contributed by atoms with Crippen LogP contribution in [0.3, 0.4) is 0 Å². The third-order valence-corrected chi connectivity index (χ3v) is 2.57. The number of benzene rings is 2. The van der Waals surface area contributed by atoms with Crippen LogP contribution in [-0.4, -0.2) is 25.2 Å². The SMILES string of the molecule is C=CC.C=CC.O=C(OCCOC(=O)c1ccccc1)c1ccccc1. The molecule has 0 N–H and O–H groups in total. The Morgan fingerprint density at radius 3 is 1.27 bits per heavy atom. The van der Waals surface area contributed by atoms with Crippen molar-refractivity contribution in [3.8, 4) is 0 Å². The topological polar surface area (TPSA) is 52.6 Å². The first kappa shape index (κ1) is 22.9. The van der Waals surface area contributed by atoms with Crippen molar-refractivity contribution >= 4 is 11.9 Å². The smallest absolute Gasteiger partial charge is 0.338 e. The van der Waals surface area contributed by atoms with Gasteiger partial charge in [0.15, 0.2) is 0 Å². The van der Waals surface area contributed by atoms with Crippen molar-refractivity contribution in [1.82, 2.24) is 0 Å². The van der Waals surface area contributed by atoms with Crippen molar-refractivity contribution < 1.29 is 19.1 Å². The second-order valence-corrected chi connectivity index (χ2v) is 4.82. The molecule has 0 aliphatic heterocycles. The average Bonchev–Trinajstić information content (AvgIpc) is 2.67. The van der Waals surface area contributed by atoms with Crippen LogP contribution in [0.15, 0.2) is 86.0 Å². The Hall–Kier alpha value is -3.14. The highest BCUT2D eigenvalue weighted by molar-refractivity contribution is 5.90. The van der Waals surface area contributed by atoms with E-state index in [1.165, 1.54) is 0 Å². The van der Waals surface area contributed by atoms with Gasteiger partial charge in [-0.1, -0.05) is 48.6 Å². The van der Waals surface area contributed by atoms with Crippen LogP contribution in [-0.2, 0) is 9.47 Å². The first-order chi connectivity index (χ1) is 12.6. The second kappa shape index (κ2) is 15.4. The lowest BCUT2D eigenvalue weighted by molar-refractivity contribution is 0.0265. The lowest BCUT2D eigenvalue weighted by atomic mass is 10.2. The first-order valence-electron chi connectivity index (χ1n) is 8.19. The van der Waals surface area contributed by atoms with Crippen molar-refractivity contribution in [3.63, 3.8) is 0 Å². The van der Waals surface area contributed by atoms with E-state index in [0.717, 1.165) is 0 Å². The van der Waals surface area contributed by atoms with Gasteiger partial charge in [-0.2, -0.15) is 0 Å². The summed E-state index contributed by atoms with van der Waals surface area (Å²) in [6.07, 6.45) is 3.50. The summed E-state index contributed by atoms with van der Waals surface area (Å²) in [5.74, 6) is -0.859. The molecular weight excluding hydrogens is 328 g/mol. The number of allylic oxidation sites excluding steroid dienone is 2. The number of esters is 2. The van der Waals surface area contributed by atoms with Gasteiger partial charge in [-0.15, -0.1) is 13.2 Å². The van der Waals surface area contributed by atoms with E-state index in [0.29, 0.717) is 11.1 Å². The Kier molecular flexibility index (Phi) is 13.5. The van der Waals surface area contributed by atoms with E-state index in [4.69, 9.17) is 9.47 Å². The van der Waals surface area contributed by atoms with Crippen LogP contribution in [0.4, 0.5) is 0 Å². The molecule has 138 valence electrons. The van der Waals surface area contributed by atoms with Crippen molar-refractivity contribution in [3.05, 3.63) is 97.1 Å². The van der Waals surface area contributed by atoms with E-state index in [-0.39, 0.29) is 13.2 Å². The first-order valence-corrected chi connectivity index (χ1v) is 8.19. The number of hydrogen-bond donors (Lipinski definition) is 0. The maximum Gasteiger partial charge on any atom is 0.338 e. The normalized spacial score (nSPS) is 8.54. The van der Waals surface area contributed by atoms with Crippen LogP contribution in [0.5, 0.6) is 0 Å². The van der Waals surface area contributed by atoms with Gasteiger partial charge in [-0.3, -0.25) is 0 Å². The Bertz CT molecular complexity index is 589. The molecule has 0 amide bonds. The number of rotatable bonds is 5. The number of carbonyl (C=O) groups excluding carboxylic acids is 2. The molecule has 0 aromatic heterocycles. The highest BCUT2D eigenvalue weighted by Gasteiger charge is 2.08. The lowest BCUT2D eigenvalue weighted by Gasteiger charge is -2.06. The van der Waals surface area contributed by atoms with Crippen molar-refractivity contribution in [2.24, 2.45) is 0 Å². The van der Waals surface area contributed by atoms with Gasteiger partial charge in [-0.25, -0.2) is 9.59 Å². The van der Waals surface area contributed by atoms with Crippen LogP contribution in [0.25, 0.3) is 0 Å². The molecule has 26 heavy (non-hydrogen) atoms. The highest BCUT2D eigenvalue weighted by Crippen LogP contribution is 2.02. The van der Waals surface area contributed by atoms with Gasteiger partial charge >= 0.3 is 11.9 Å². The van der Waals surface area contributed by atoms with E-state index >= 15 is 0 Å². The lowest BCUT2D eigenvalue weighted by Crippen LogP contribution is -2.14. The zero-order valence-corrected chi connectivity index (χ0v) is 15.4. The van der Waals surface area contributed by atoms with E-state index in [1.54, 1.807) is 60.7 Å². The zero-order chi connectivity index (χ0) is 19.6. The predicted molar refractivity (Wildman–Crippen MR) is 105 cm³/mol. The Labute approximate surface area is 155 Å². The van der Waals surface area contributed by atoms with Gasteiger partial charge in [0.1, 0.15) is 13.2 Å². The van der Waals surface area contributed by atoms with Gasteiger partial charge in [0.2, 0.25) is 0 Å². The molecule has 0 saturated carbocycles. The van der Waals surface area contributed by atoms with Gasteiger partial charge in [0.25, 0.3) is 0 Å². The maximum atomic E-state index is 11.6. The molecule has 0 atom stereocenters. The molecule has 4 nitrogen and oxygen atoms in total. The number of carbonyl (C=O) groups is 2. The molecule has 2 aromatic carbocycles. The summed E-state index contributed by atoms with van der Waals surface area (Å²) in [6.45, 7) is 10.6. The summed E-state index contributed by atoms with van der Waals surface area (Å²) in [5, 5.41) is 0. The molecule has 0 heterocycles. The molecule has 0 saturated heterocycles. The third kappa shape index (κ3) is 10.6. The summed E-state index contributed by atoms with van der Waals surface area (Å²) in [7, 11) is 0. The summed E-state index contributed by atoms with van der Waals surface area (Å²) in [4.78, 5) is 23.2. The summed E-state index contributed by atoms with van der Waals surface area (Å²) >= 11 is 0. The number of hydrogen-bond acceptors (Lipinski definition) is 4. The molecule has 0 spiro atoms. The summed E-state index contributed by atoms with van der Waals surface area (Å²) < 4.78 is 10.00. The monoisotopic (exact) mass is 354 g/mol. The number of ether oxygens (including phenoxy) is 2. The highest BCUT2D eigenvalue weighted by atomic mass is 16.6. The molecule has 0 unspecified atom stereocenters. The van der Waals surface area contributed by atoms with Crippen LogP contribution >= 0.6 is 0 Å². The van der Waals surface area contributed by atoms with E-state index in [1.807, 2.05) is 26.0 Å². The summed E-state index contributed by atoms with van der Waals surface area (Å²) in [5.41, 5.74) is 0.948. The Balaban J connectivity index is 0.000000918. The van der Waals surface area contributed by atoms with E-state index in [2.05, 4.69) is 13.2 Å². The Morgan fingerprint density at radius 2 is 1.00 bits per heavy atom. The maximum absolute atomic E-state index is 11.6. The molecular formula is C22H26O4. The van der Waals surface area contributed by atoms with Crippen LogP contribution in [0.2, 0.25) is 0 Å². The predicted octanol–water partition coefficient (Wildman–Crippen LogP) is 5.09. The molecule has 2 aromatic rings. The molecule has 0 bridgehead atoms. The zero-order valence-electron chi connectivity index (χ0n) is 15.4. The van der Waals surface area contributed by atoms with Crippen molar-refractivity contribution in [1.29, 1.82) is 0 Å². The fourth-order valence-electron chi connectivity index (χ4n) is 1.58. The molecule has 4 heteroatoms. The van der Waals surface area contributed by atoms with Crippen molar-refractivity contribution in [2.75, 3.05) is 13.2 Å². The fraction of sp³-hybridized carbons (Fsp3) is 0.182. The standard InChI is InChI=1S/C16H14O4.2C3H6/c17-15(13-7-3-1-4-8-13)19-11-12-20-16(18)14-9-5-2-6-10-14;2*1-3-2/h1-10H,11-12H2;2*3H,1H2,2H3. The van der Waals surface area contributed by atoms with Gasteiger partial charge in [-0.05, 0) is 38.1 Å². The minimum absolute atomic E-state index is 0.0340. The minimum Gasteiger partial charge on any atom is -0.458 e. The van der Waals surface area contributed by atoms with Gasteiger partial charge in [0.05, 0.1) is 11.1 Å². The largest absolute Gasteiger partial charge is 0.458 e. The van der Waals surface area contributed by atoms with Crippen LogP contribution in [0.1, 0.15) is 34.6 Å². The minimum atomic E-state index is -0.429. The average molecular weight is 354 g/mol.